The number of piperazine rings is 1. The number of carbonyl (C=O) groups is 1. The number of carbonyl (C=O) groups excluding carboxylic acids is 1. The Balaban J connectivity index is 0.00000370. The number of ether oxygens (including phenoxy) is 1. The van der Waals surface area contributed by atoms with Gasteiger partial charge in [0.25, 0.3) is 5.91 Å². The van der Waals surface area contributed by atoms with E-state index in [0.717, 1.165) is 36.5 Å². The molecule has 1 aromatic heterocycles. The van der Waals surface area contributed by atoms with Gasteiger partial charge in [0.15, 0.2) is 0 Å². The van der Waals surface area contributed by atoms with Crippen molar-refractivity contribution in [2.45, 2.75) is 25.2 Å². The monoisotopic (exact) mass is 568 g/mol. The summed E-state index contributed by atoms with van der Waals surface area (Å²) in [5, 5.41) is 8.72. The summed E-state index contributed by atoms with van der Waals surface area (Å²) in [6.45, 7) is 5.14. The van der Waals surface area contributed by atoms with Crippen molar-refractivity contribution in [1.29, 1.82) is 0 Å². The molecule has 0 radical (unpaired) electrons. The molecule has 0 saturated carbocycles. The highest BCUT2D eigenvalue weighted by atomic mass is 32.2. The molecule has 214 valence electrons. The fraction of sp³-hybridized carbons (Fsp3) is 0.393. The Kier molecular flexibility index (Phi) is 9.69. The maximum atomic E-state index is 13.3. The summed E-state index contributed by atoms with van der Waals surface area (Å²) < 4.78 is 34.3. The third-order valence-corrected chi connectivity index (χ3v) is 8.99. The number of para-hydroxylation sites is 1. The zero-order chi connectivity index (χ0) is 27.2. The molecule has 2 saturated heterocycles. The van der Waals surface area contributed by atoms with Crippen molar-refractivity contribution in [2.75, 3.05) is 57.3 Å². The molecule has 0 aliphatic carbocycles. The lowest BCUT2D eigenvalue weighted by Crippen LogP contribution is -2.49. The van der Waals surface area contributed by atoms with Gasteiger partial charge >= 0.3 is 0 Å². The molecule has 2 aliphatic heterocycles. The zero-order valence-corrected chi connectivity index (χ0v) is 22.4. The Morgan fingerprint density at radius 2 is 1.57 bits per heavy atom. The number of hydrogen-bond donors (Lipinski definition) is 2. The summed E-state index contributed by atoms with van der Waals surface area (Å²) >= 11 is 0. The van der Waals surface area contributed by atoms with Crippen LogP contribution in [0.15, 0.2) is 65.8 Å². The van der Waals surface area contributed by atoms with E-state index in [2.05, 4.69) is 14.9 Å². The number of rotatable bonds is 9. The van der Waals surface area contributed by atoms with Crippen molar-refractivity contribution < 1.29 is 23.2 Å². The highest BCUT2D eigenvalue weighted by Crippen LogP contribution is 2.31. The first-order chi connectivity index (χ1) is 19.0. The first-order valence-electron chi connectivity index (χ1n) is 13.0. The first-order valence-corrected chi connectivity index (χ1v) is 14.5. The Labute approximate surface area is 235 Å². The summed E-state index contributed by atoms with van der Waals surface area (Å²) in [5.74, 6) is 0.486. The second-order valence-corrected chi connectivity index (χ2v) is 11.5. The zero-order valence-electron chi connectivity index (χ0n) is 21.6. The third kappa shape index (κ3) is 6.58. The SMILES string of the molecule is C.O=C(NO)c1cnc(N2CCN(S(=O)(=O)c3ccc(-c4ccccc4OCCN4CCCC4)cc3)CC2)nc1. The Bertz CT molecular complexity index is 1370. The predicted octanol–water partition coefficient (Wildman–Crippen LogP) is 2.88. The fourth-order valence-corrected chi connectivity index (χ4v) is 6.29. The molecule has 1 amide bonds. The van der Waals surface area contributed by atoms with Gasteiger partial charge in [-0.2, -0.15) is 4.31 Å². The Morgan fingerprint density at radius 1 is 0.925 bits per heavy atom. The number of benzene rings is 2. The minimum atomic E-state index is -3.67. The second-order valence-electron chi connectivity index (χ2n) is 9.52. The fourth-order valence-electron chi connectivity index (χ4n) is 4.87. The molecule has 0 atom stereocenters. The van der Waals surface area contributed by atoms with Gasteiger partial charge in [-0.1, -0.05) is 37.8 Å². The van der Waals surface area contributed by atoms with Gasteiger partial charge in [-0.3, -0.25) is 14.9 Å². The average Bonchev–Trinajstić information content (AvgIpc) is 3.51. The van der Waals surface area contributed by atoms with E-state index in [9.17, 15) is 13.2 Å². The van der Waals surface area contributed by atoms with Crippen LogP contribution in [-0.2, 0) is 10.0 Å². The highest BCUT2D eigenvalue weighted by molar-refractivity contribution is 7.89. The van der Waals surface area contributed by atoms with E-state index in [4.69, 9.17) is 9.94 Å². The number of nitrogens with one attached hydrogen (secondary N) is 1. The number of sulfonamides is 1. The van der Waals surface area contributed by atoms with E-state index < -0.39 is 15.9 Å². The molecule has 40 heavy (non-hydrogen) atoms. The normalized spacial score (nSPS) is 16.4. The number of aromatic nitrogens is 2. The van der Waals surface area contributed by atoms with E-state index in [1.165, 1.54) is 35.0 Å². The molecular formula is C28H36N6O5S. The van der Waals surface area contributed by atoms with Crippen LogP contribution in [0.3, 0.4) is 0 Å². The lowest BCUT2D eigenvalue weighted by molar-refractivity contribution is 0.0705. The maximum Gasteiger partial charge on any atom is 0.277 e. The number of nitrogens with zero attached hydrogens (tertiary/aromatic N) is 5. The second kappa shape index (κ2) is 13.2. The molecule has 2 fully saturated rings. The van der Waals surface area contributed by atoms with Gasteiger partial charge in [0, 0.05) is 50.7 Å². The summed E-state index contributed by atoms with van der Waals surface area (Å²) in [4.78, 5) is 24.3. The molecule has 2 aliphatic rings. The van der Waals surface area contributed by atoms with Gasteiger partial charge in [0.2, 0.25) is 16.0 Å². The van der Waals surface area contributed by atoms with E-state index in [-0.39, 0.29) is 31.0 Å². The predicted molar refractivity (Wildman–Crippen MR) is 152 cm³/mol. The minimum Gasteiger partial charge on any atom is -0.492 e. The van der Waals surface area contributed by atoms with Gasteiger partial charge in [-0.05, 0) is 49.7 Å². The number of anilines is 1. The van der Waals surface area contributed by atoms with E-state index >= 15 is 0 Å². The van der Waals surface area contributed by atoms with Crippen LogP contribution < -0.4 is 15.1 Å². The largest absolute Gasteiger partial charge is 0.492 e. The van der Waals surface area contributed by atoms with Crippen LogP contribution in [0, 0.1) is 0 Å². The van der Waals surface area contributed by atoms with Crippen LogP contribution in [0.25, 0.3) is 11.1 Å². The van der Waals surface area contributed by atoms with Crippen molar-refractivity contribution >= 4 is 21.9 Å². The molecule has 0 spiro atoms. The van der Waals surface area contributed by atoms with Crippen molar-refractivity contribution in [3.05, 3.63) is 66.5 Å². The van der Waals surface area contributed by atoms with Crippen LogP contribution in [0.2, 0.25) is 0 Å². The molecule has 3 heterocycles. The lowest BCUT2D eigenvalue weighted by atomic mass is 10.1. The van der Waals surface area contributed by atoms with Crippen molar-refractivity contribution in [1.82, 2.24) is 24.7 Å². The summed E-state index contributed by atoms with van der Waals surface area (Å²) in [5.41, 5.74) is 3.49. The topological polar surface area (TPSA) is 128 Å². The van der Waals surface area contributed by atoms with Crippen molar-refractivity contribution in [3.63, 3.8) is 0 Å². The quantitative estimate of drug-likeness (QED) is 0.296. The standard InChI is InChI=1S/C27H32N6O5S.CH4/c34-26(30-35)22-19-28-27(29-20-22)32-13-15-33(16-14-32)39(36,37)23-9-7-21(8-10-23)24-5-1-2-6-25(24)38-18-17-31-11-3-4-12-31;/h1-2,5-10,19-20,35H,3-4,11-18H2,(H,30,34);1H4. The molecule has 0 bridgehead atoms. The van der Waals surface area contributed by atoms with Gasteiger partial charge in [0.1, 0.15) is 12.4 Å². The summed E-state index contributed by atoms with van der Waals surface area (Å²) in [6, 6.07) is 14.8. The summed E-state index contributed by atoms with van der Waals surface area (Å²) in [7, 11) is -3.67. The lowest BCUT2D eigenvalue weighted by Gasteiger charge is -2.34. The highest BCUT2D eigenvalue weighted by Gasteiger charge is 2.29. The van der Waals surface area contributed by atoms with Crippen LogP contribution >= 0.6 is 0 Å². The number of hydrogen-bond acceptors (Lipinski definition) is 9. The van der Waals surface area contributed by atoms with E-state index in [1.807, 2.05) is 41.3 Å². The molecule has 12 heteroatoms. The van der Waals surface area contributed by atoms with Gasteiger partial charge in [0.05, 0.1) is 10.5 Å². The molecule has 2 aromatic carbocycles. The van der Waals surface area contributed by atoms with Crippen LogP contribution in [0.4, 0.5) is 5.95 Å². The average molecular weight is 569 g/mol. The molecule has 2 N–H and O–H groups in total. The maximum absolute atomic E-state index is 13.3. The molecule has 5 rings (SSSR count). The molecular weight excluding hydrogens is 532 g/mol. The minimum absolute atomic E-state index is 0. The third-order valence-electron chi connectivity index (χ3n) is 7.08. The van der Waals surface area contributed by atoms with E-state index in [1.54, 1.807) is 12.1 Å². The van der Waals surface area contributed by atoms with Crippen LogP contribution in [0.1, 0.15) is 30.6 Å². The molecule has 11 nitrogen and oxygen atoms in total. The number of amides is 1. The molecule has 0 unspecified atom stereocenters. The summed E-state index contributed by atoms with van der Waals surface area (Å²) in [6.07, 6.45) is 5.12. The van der Waals surface area contributed by atoms with Crippen molar-refractivity contribution in [3.8, 4) is 16.9 Å². The van der Waals surface area contributed by atoms with Crippen molar-refractivity contribution in [2.24, 2.45) is 0 Å². The number of likely N-dealkylation sites (tertiary alicyclic amines) is 1. The smallest absolute Gasteiger partial charge is 0.277 e. The van der Waals surface area contributed by atoms with Gasteiger partial charge in [-0.25, -0.2) is 23.9 Å². The molecule has 3 aromatic rings. The van der Waals surface area contributed by atoms with Crippen LogP contribution in [-0.4, -0.2) is 91.1 Å². The van der Waals surface area contributed by atoms with Gasteiger partial charge in [-0.15, -0.1) is 0 Å². The Morgan fingerprint density at radius 3 is 2.23 bits per heavy atom. The Hall–Kier alpha value is -3.58. The first kappa shape index (κ1) is 29.4. The van der Waals surface area contributed by atoms with E-state index in [0.29, 0.717) is 25.6 Å². The van der Waals surface area contributed by atoms with Crippen LogP contribution in [0.5, 0.6) is 5.75 Å². The van der Waals surface area contributed by atoms with Gasteiger partial charge < -0.3 is 9.64 Å². The number of hydroxylamine groups is 1.